The summed E-state index contributed by atoms with van der Waals surface area (Å²) in [6, 6.07) is 8.49. The van der Waals surface area contributed by atoms with Crippen LogP contribution < -0.4 is 5.32 Å². The van der Waals surface area contributed by atoms with Gasteiger partial charge < -0.3 is 5.32 Å². The van der Waals surface area contributed by atoms with Gasteiger partial charge in [0.25, 0.3) is 0 Å². The summed E-state index contributed by atoms with van der Waals surface area (Å²) in [6.07, 6.45) is 3.88. The Kier molecular flexibility index (Phi) is 3.63. The molecule has 0 saturated heterocycles. The van der Waals surface area contributed by atoms with Crippen LogP contribution in [-0.4, -0.2) is 19.4 Å². The molecule has 0 bridgehead atoms. The van der Waals surface area contributed by atoms with Gasteiger partial charge in [-0.05, 0) is 32.4 Å². The standard InChI is InChI=1S/C15H21NO/c1-12-4-6-13(7-5-12)15(9-3-10-15)14(17)8-11-16-2/h4-7,16H,3,8-11H2,1-2H3. The van der Waals surface area contributed by atoms with E-state index < -0.39 is 0 Å². The Labute approximate surface area is 103 Å². The quantitative estimate of drug-likeness (QED) is 0.844. The van der Waals surface area contributed by atoms with Crippen LogP contribution in [0.2, 0.25) is 0 Å². The van der Waals surface area contributed by atoms with E-state index in [4.69, 9.17) is 0 Å². The summed E-state index contributed by atoms with van der Waals surface area (Å²) in [5.74, 6) is 0.405. The molecule has 1 N–H and O–H groups in total. The number of hydrogen-bond donors (Lipinski definition) is 1. The fourth-order valence-electron chi connectivity index (χ4n) is 2.61. The lowest BCUT2D eigenvalue weighted by molar-refractivity contribution is -0.127. The minimum atomic E-state index is -0.162. The third-order valence-corrected chi connectivity index (χ3v) is 3.95. The molecule has 0 heterocycles. The number of benzene rings is 1. The van der Waals surface area contributed by atoms with E-state index in [0.717, 1.165) is 19.4 Å². The number of aryl methyl sites for hydroxylation is 1. The maximum atomic E-state index is 12.4. The van der Waals surface area contributed by atoms with Crippen molar-refractivity contribution < 1.29 is 4.79 Å². The van der Waals surface area contributed by atoms with Gasteiger partial charge in [0.1, 0.15) is 5.78 Å². The van der Waals surface area contributed by atoms with Crippen molar-refractivity contribution in [3.8, 4) is 0 Å². The highest BCUT2D eigenvalue weighted by molar-refractivity contribution is 5.91. The van der Waals surface area contributed by atoms with Crippen LogP contribution in [0, 0.1) is 6.92 Å². The highest BCUT2D eigenvalue weighted by Crippen LogP contribution is 2.45. The summed E-state index contributed by atoms with van der Waals surface area (Å²) in [7, 11) is 1.90. The first-order chi connectivity index (χ1) is 8.19. The maximum Gasteiger partial charge on any atom is 0.144 e. The number of ketones is 1. The second kappa shape index (κ2) is 5.01. The van der Waals surface area contributed by atoms with Gasteiger partial charge in [-0.1, -0.05) is 36.2 Å². The molecule has 1 aliphatic rings. The third-order valence-electron chi connectivity index (χ3n) is 3.95. The zero-order valence-corrected chi connectivity index (χ0v) is 10.8. The molecule has 0 unspecified atom stereocenters. The van der Waals surface area contributed by atoms with Crippen molar-refractivity contribution in [2.75, 3.05) is 13.6 Å². The number of carbonyl (C=O) groups is 1. The minimum absolute atomic E-state index is 0.162. The van der Waals surface area contributed by atoms with E-state index in [-0.39, 0.29) is 5.41 Å². The average molecular weight is 231 g/mol. The summed E-state index contributed by atoms with van der Waals surface area (Å²) < 4.78 is 0. The molecule has 0 aliphatic heterocycles. The molecule has 17 heavy (non-hydrogen) atoms. The van der Waals surface area contributed by atoms with E-state index in [1.165, 1.54) is 17.5 Å². The second-order valence-electron chi connectivity index (χ2n) is 5.08. The Hall–Kier alpha value is -1.15. The van der Waals surface area contributed by atoms with Crippen LogP contribution in [0.4, 0.5) is 0 Å². The zero-order chi connectivity index (χ0) is 12.3. The van der Waals surface area contributed by atoms with Crippen LogP contribution in [-0.2, 0) is 10.2 Å². The van der Waals surface area contributed by atoms with Crippen LogP contribution in [0.3, 0.4) is 0 Å². The third kappa shape index (κ3) is 2.27. The Morgan fingerprint density at radius 2 is 1.94 bits per heavy atom. The van der Waals surface area contributed by atoms with Gasteiger partial charge in [-0.15, -0.1) is 0 Å². The topological polar surface area (TPSA) is 29.1 Å². The number of rotatable bonds is 5. The summed E-state index contributed by atoms with van der Waals surface area (Å²) in [4.78, 5) is 12.4. The van der Waals surface area contributed by atoms with E-state index in [2.05, 4.69) is 36.5 Å². The molecule has 0 radical (unpaired) electrons. The molecule has 0 spiro atoms. The van der Waals surface area contributed by atoms with Gasteiger partial charge in [-0.2, -0.15) is 0 Å². The summed E-state index contributed by atoms with van der Waals surface area (Å²) >= 11 is 0. The molecule has 1 saturated carbocycles. The summed E-state index contributed by atoms with van der Waals surface area (Å²) in [6.45, 7) is 2.87. The SMILES string of the molecule is CNCCC(=O)C1(c2ccc(C)cc2)CCC1. The largest absolute Gasteiger partial charge is 0.319 e. The molecule has 1 aliphatic carbocycles. The summed E-state index contributed by atoms with van der Waals surface area (Å²) in [5.41, 5.74) is 2.31. The molecule has 0 amide bonds. The van der Waals surface area contributed by atoms with Crippen molar-refractivity contribution in [3.05, 3.63) is 35.4 Å². The molecule has 0 atom stereocenters. The molecular weight excluding hydrogens is 210 g/mol. The molecule has 92 valence electrons. The van der Waals surface area contributed by atoms with Crippen LogP contribution in [0.1, 0.15) is 36.8 Å². The van der Waals surface area contributed by atoms with E-state index in [1.807, 2.05) is 7.05 Å². The first-order valence-electron chi connectivity index (χ1n) is 6.44. The molecule has 2 rings (SSSR count). The van der Waals surface area contributed by atoms with Crippen molar-refractivity contribution in [2.45, 2.75) is 38.0 Å². The number of carbonyl (C=O) groups excluding carboxylic acids is 1. The fraction of sp³-hybridized carbons (Fsp3) is 0.533. The molecule has 1 aromatic rings. The van der Waals surface area contributed by atoms with Crippen LogP contribution in [0.15, 0.2) is 24.3 Å². The minimum Gasteiger partial charge on any atom is -0.319 e. The monoisotopic (exact) mass is 231 g/mol. The Morgan fingerprint density at radius 1 is 1.29 bits per heavy atom. The van der Waals surface area contributed by atoms with Gasteiger partial charge in [-0.25, -0.2) is 0 Å². The van der Waals surface area contributed by atoms with Gasteiger partial charge in [-0.3, -0.25) is 4.79 Å². The normalized spacial score (nSPS) is 17.5. The smallest absolute Gasteiger partial charge is 0.144 e. The van der Waals surface area contributed by atoms with Crippen molar-refractivity contribution in [2.24, 2.45) is 0 Å². The van der Waals surface area contributed by atoms with Crippen molar-refractivity contribution >= 4 is 5.78 Å². The number of Topliss-reactive ketones (excluding diaryl/α,β-unsaturated/α-hetero) is 1. The number of nitrogens with one attached hydrogen (secondary N) is 1. The molecule has 1 aromatic carbocycles. The van der Waals surface area contributed by atoms with E-state index in [9.17, 15) is 4.79 Å². The Morgan fingerprint density at radius 3 is 2.41 bits per heavy atom. The molecule has 0 aromatic heterocycles. The molecule has 2 nitrogen and oxygen atoms in total. The van der Waals surface area contributed by atoms with Crippen LogP contribution in [0.25, 0.3) is 0 Å². The van der Waals surface area contributed by atoms with Gasteiger partial charge in [0.2, 0.25) is 0 Å². The Bertz CT molecular complexity index is 390. The number of hydrogen-bond acceptors (Lipinski definition) is 2. The molecule has 1 fully saturated rings. The van der Waals surface area contributed by atoms with Crippen molar-refractivity contribution in [3.63, 3.8) is 0 Å². The van der Waals surface area contributed by atoms with Gasteiger partial charge >= 0.3 is 0 Å². The molecule has 2 heteroatoms. The zero-order valence-electron chi connectivity index (χ0n) is 10.8. The average Bonchev–Trinajstić information content (AvgIpc) is 2.27. The van der Waals surface area contributed by atoms with E-state index in [1.54, 1.807) is 0 Å². The highest BCUT2D eigenvalue weighted by Gasteiger charge is 2.44. The van der Waals surface area contributed by atoms with E-state index in [0.29, 0.717) is 12.2 Å². The van der Waals surface area contributed by atoms with Crippen molar-refractivity contribution in [1.82, 2.24) is 5.32 Å². The van der Waals surface area contributed by atoms with Gasteiger partial charge in [0.15, 0.2) is 0 Å². The predicted octanol–water partition coefficient (Wildman–Crippen LogP) is 2.60. The lowest BCUT2D eigenvalue weighted by atomic mass is 9.61. The van der Waals surface area contributed by atoms with Crippen LogP contribution >= 0.6 is 0 Å². The van der Waals surface area contributed by atoms with E-state index >= 15 is 0 Å². The molecular formula is C15H21NO. The van der Waals surface area contributed by atoms with Gasteiger partial charge in [0, 0.05) is 13.0 Å². The second-order valence-corrected chi connectivity index (χ2v) is 5.08. The maximum absolute atomic E-state index is 12.4. The van der Waals surface area contributed by atoms with Gasteiger partial charge in [0.05, 0.1) is 5.41 Å². The summed E-state index contributed by atoms with van der Waals surface area (Å²) in [5, 5.41) is 3.06. The first kappa shape index (κ1) is 12.3. The first-order valence-corrected chi connectivity index (χ1v) is 6.44. The van der Waals surface area contributed by atoms with Crippen molar-refractivity contribution in [1.29, 1.82) is 0 Å². The predicted molar refractivity (Wildman–Crippen MR) is 70.3 cm³/mol. The fourth-order valence-corrected chi connectivity index (χ4v) is 2.61. The van der Waals surface area contributed by atoms with Crippen LogP contribution in [0.5, 0.6) is 0 Å². The lowest BCUT2D eigenvalue weighted by Crippen LogP contribution is -2.43. The Balaban J connectivity index is 2.19. The lowest BCUT2D eigenvalue weighted by Gasteiger charge is -2.41. The highest BCUT2D eigenvalue weighted by atomic mass is 16.1.